The van der Waals surface area contributed by atoms with E-state index in [1.54, 1.807) is 0 Å². The molecule has 0 aromatic rings. The zero-order valence-electron chi connectivity index (χ0n) is 14.7. The van der Waals surface area contributed by atoms with Crippen molar-refractivity contribution in [1.82, 2.24) is 15.1 Å². The van der Waals surface area contributed by atoms with Crippen LogP contribution < -0.4 is 5.32 Å². The second-order valence-electron chi connectivity index (χ2n) is 7.90. The topological polar surface area (TPSA) is 44.8 Å². The van der Waals surface area contributed by atoms with E-state index in [0.29, 0.717) is 12.0 Å². The van der Waals surface area contributed by atoms with Crippen molar-refractivity contribution in [3.63, 3.8) is 0 Å². The lowest BCUT2D eigenvalue weighted by Gasteiger charge is -2.30. The van der Waals surface area contributed by atoms with Gasteiger partial charge < -0.3 is 19.9 Å². The minimum Gasteiger partial charge on any atom is -0.444 e. The van der Waals surface area contributed by atoms with Crippen LogP contribution in [0.5, 0.6) is 0 Å². The second kappa shape index (κ2) is 7.64. The van der Waals surface area contributed by atoms with Gasteiger partial charge in [0.05, 0.1) is 0 Å². The van der Waals surface area contributed by atoms with Gasteiger partial charge in [0, 0.05) is 19.1 Å². The Morgan fingerprint density at radius 1 is 1.18 bits per heavy atom. The van der Waals surface area contributed by atoms with E-state index in [4.69, 9.17) is 4.74 Å². The van der Waals surface area contributed by atoms with Gasteiger partial charge in [0.1, 0.15) is 5.60 Å². The highest BCUT2D eigenvalue weighted by Gasteiger charge is 2.29. The number of hydrogen-bond acceptors (Lipinski definition) is 4. The number of amides is 1. The summed E-state index contributed by atoms with van der Waals surface area (Å²) in [5.74, 6) is 0.617. The minimum atomic E-state index is -0.398. The number of ether oxygens (including phenoxy) is 1. The van der Waals surface area contributed by atoms with Gasteiger partial charge in [-0.3, -0.25) is 0 Å². The second-order valence-corrected chi connectivity index (χ2v) is 7.90. The van der Waals surface area contributed by atoms with Crippen molar-refractivity contribution >= 4 is 6.09 Å². The van der Waals surface area contributed by atoms with Crippen LogP contribution in [0.4, 0.5) is 4.79 Å². The molecule has 22 heavy (non-hydrogen) atoms. The molecule has 0 saturated carbocycles. The molecule has 2 saturated heterocycles. The van der Waals surface area contributed by atoms with Crippen molar-refractivity contribution in [2.45, 2.75) is 58.1 Å². The molecular formula is C17H33N3O2. The molecule has 1 atom stereocenters. The van der Waals surface area contributed by atoms with Crippen LogP contribution in [0.2, 0.25) is 0 Å². The highest BCUT2D eigenvalue weighted by Crippen LogP contribution is 2.21. The van der Waals surface area contributed by atoms with Crippen LogP contribution in [-0.2, 0) is 4.74 Å². The van der Waals surface area contributed by atoms with Crippen LogP contribution in [0.1, 0.15) is 46.5 Å². The molecule has 1 N–H and O–H groups in total. The lowest BCUT2D eigenvalue weighted by molar-refractivity contribution is 0.0287. The van der Waals surface area contributed by atoms with Gasteiger partial charge in [-0.05, 0) is 79.1 Å². The number of carbonyl (C=O) groups is 1. The number of hydrogen-bond donors (Lipinski definition) is 1. The average Bonchev–Trinajstić information content (AvgIpc) is 2.88. The summed E-state index contributed by atoms with van der Waals surface area (Å²) in [7, 11) is 2.19. The van der Waals surface area contributed by atoms with Crippen LogP contribution >= 0.6 is 0 Å². The van der Waals surface area contributed by atoms with Crippen LogP contribution in [-0.4, -0.2) is 67.3 Å². The number of likely N-dealkylation sites (tertiary alicyclic amines) is 2. The Bertz CT molecular complexity index is 359. The van der Waals surface area contributed by atoms with Gasteiger partial charge in [0.25, 0.3) is 0 Å². The first kappa shape index (κ1) is 17.5. The monoisotopic (exact) mass is 311 g/mol. The molecule has 2 rings (SSSR count). The molecule has 1 unspecified atom stereocenters. The summed E-state index contributed by atoms with van der Waals surface area (Å²) in [5, 5.41) is 3.69. The van der Waals surface area contributed by atoms with Crippen LogP contribution in [0.3, 0.4) is 0 Å². The lowest BCUT2D eigenvalue weighted by atomic mass is 10.0. The van der Waals surface area contributed by atoms with E-state index in [2.05, 4.69) is 17.3 Å². The average molecular weight is 311 g/mol. The minimum absolute atomic E-state index is 0.154. The van der Waals surface area contributed by atoms with Crippen molar-refractivity contribution in [1.29, 1.82) is 0 Å². The molecule has 2 aliphatic rings. The van der Waals surface area contributed by atoms with Crippen molar-refractivity contribution < 1.29 is 9.53 Å². The van der Waals surface area contributed by atoms with E-state index in [0.717, 1.165) is 32.5 Å². The zero-order valence-corrected chi connectivity index (χ0v) is 14.7. The molecule has 2 aliphatic heterocycles. The van der Waals surface area contributed by atoms with E-state index in [1.807, 2.05) is 25.7 Å². The number of piperidine rings is 1. The fourth-order valence-corrected chi connectivity index (χ4v) is 3.26. The Labute approximate surface area is 135 Å². The summed E-state index contributed by atoms with van der Waals surface area (Å²) in [6.07, 6.45) is 4.62. The maximum Gasteiger partial charge on any atom is 0.410 e. The first-order valence-corrected chi connectivity index (χ1v) is 8.73. The SMILES string of the molecule is CN1CCC(NCCC2CCN(C(=O)OC(C)(C)C)C2)CC1. The van der Waals surface area contributed by atoms with E-state index in [1.165, 1.54) is 25.9 Å². The van der Waals surface area contributed by atoms with Crippen LogP contribution in [0.25, 0.3) is 0 Å². The Morgan fingerprint density at radius 2 is 1.86 bits per heavy atom. The molecule has 2 heterocycles. The predicted octanol–water partition coefficient (Wildman–Crippen LogP) is 2.32. The summed E-state index contributed by atoms with van der Waals surface area (Å²) >= 11 is 0. The van der Waals surface area contributed by atoms with Gasteiger partial charge in [-0.2, -0.15) is 0 Å². The normalized spacial score (nSPS) is 24.7. The predicted molar refractivity (Wildman–Crippen MR) is 89.1 cm³/mol. The van der Waals surface area contributed by atoms with Gasteiger partial charge in [0.2, 0.25) is 0 Å². The Balaban J connectivity index is 1.61. The summed E-state index contributed by atoms with van der Waals surface area (Å²) < 4.78 is 5.45. The summed E-state index contributed by atoms with van der Waals surface area (Å²) in [6.45, 7) is 10.9. The van der Waals surface area contributed by atoms with E-state index >= 15 is 0 Å². The molecule has 0 aromatic heterocycles. The molecule has 0 bridgehead atoms. The van der Waals surface area contributed by atoms with E-state index in [-0.39, 0.29) is 6.09 Å². The summed E-state index contributed by atoms with van der Waals surface area (Å²) in [6, 6.07) is 0.680. The number of rotatable bonds is 4. The molecule has 0 aliphatic carbocycles. The fraction of sp³-hybridized carbons (Fsp3) is 0.941. The highest BCUT2D eigenvalue weighted by molar-refractivity contribution is 5.68. The molecule has 0 aromatic carbocycles. The third-order valence-corrected chi connectivity index (χ3v) is 4.64. The zero-order chi connectivity index (χ0) is 16.2. The number of carbonyl (C=O) groups excluding carboxylic acids is 1. The van der Waals surface area contributed by atoms with Crippen molar-refractivity contribution in [3.8, 4) is 0 Å². The Kier molecular flexibility index (Phi) is 6.09. The van der Waals surface area contributed by atoms with Crippen molar-refractivity contribution in [2.75, 3.05) is 39.8 Å². The number of nitrogens with one attached hydrogen (secondary N) is 1. The Morgan fingerprint density at radius 3 is 2.50 bits per heavy atom. The summed E-state index contributed by atoms with van der Waals surface area (Å²) in [5.41, 5.74) is -0.398. The van der Waals surface area contributed by atoms with Gasteiger partial charge in [-0.1, -0.05) is 0 Å². The van der Waals surface area contributed by atoms with Crippen LogP contribution in [0.15, 0.2) is 0 Å². The van der Waals surface area contributed by atoms with Gasteiger partial charge in [0.15, 0.2) is 0 Å². The van der Waals surface area contributed by atoms with Gasteiger partial charge in [-0.25, -0.2) is 4.79 Å². The molecular weight excluding hydrogens is 278 g/mol. The largest absolute Gasteiger partial charge is 0.444 e. The van der Waals surface area contributed by atoms with Crippen molar-refractivity contribution in [3.05, 3.63) is 0 Å². The first-order chi connectivity index (χ1) is 10.3. The third kappa shape index (κ3) is 5.76. The molecule has 0 spiro atoms. The molecule has 5 heteroatoms. The quantitative estimate of drug-likeness (QED) is 0.865. The Hall–Kier alpha value is -0.810. The molecule has 0 radical (unpaired) electrons. The third-order valence-electron chi connectivity index (χ3n) is 4.64. The smallest absolute Gasteiger partial charge is 0.410 e. The number of nitrogens with zero attached hydrogens (tertiary/aromatic N) is 2. The van der Waals surface area contributed by atoms with Gasteiger partial charge in [-0.15, -0.1) is 0 Å². The maximum atomic E-state index is 12.0. The first-order valence-electron chi connectivity index (χ1n) is 8.73. The maximum absolute atomic E-state index is 12.0. The van der Waals surface area contributed by atoms with Crippen LogP contribution in [0, 0.1) is 5.92 Å². The lowest BCUT2D eigenvalue weighted by Crippen LogP contribution is -2.41. The van der Waals surface area contributed by atoms with E-state index in [9.17, 15) is 4.79 Å². The molecule has 5 nitrogen and oxygen atoms in total. The molecule has 1 amide bonds. The standard InChI is InChI=1S/C17H33N3O2/c1-17(2,3)22-16(21)20-12-6-14(13-20)5-9-18-15-7-10-19(4)11-8-15/h14-15,18H,5-13H2,1-4H3. The fourth-order valence-electron chi connectivity index (χ4n) is 3.26. The molecule has 128 valence electrons. The summed E-state index contributed by atoms with van der Waals surface area (Å²) in [4.78, 5) is 16.3. The van der Waals surface area contributed by atoms with Gasteiger partial charge >= 0.3 is 6.09 Å². The van der Waals surface area contributed by atoms with E-state index < -0.39 is 5.60 Å². The highest BCUT2D eigenvalue weighted by atomic mass is 16.6. The van der Waals surface area contributed by atoms with Crippen molar-refractivity contribution in [2.24, 2.45) is 5.92 Å². The molecule has 2 fully saturated rings.